The van der Waals surface area contributed by atoms with Crippen molar-refractivity contribution >= 4 is 28.5 Å². The van der Waals surface area contributed by atoms with E-state index in [4.69, 9.17) is 11.6 Å². The average molecular weight is 325 g/mol. The van der Waals surface area contributed by atoms with E-state index in [-0.39, 0.29) is 0 Å². The van der Waals surface area contributed by atoms with Gasteiger partial charge in [-0.2, -0.15) is 0 Å². The first kappa shape index (κ1) is 13.4. The lowest BCUT2D eigenvalue weighted by atomic mass is 9.60. The monoisotopic (exact) mass is 324 g/mol. The molecule has 1 saturated carbocycles. The van der Waals surface area contributed by atoms with Crippen molar-refractivity contribution in [3.63, 3.8) is 0 Å². The minimum Gasteiger partial charge on any atom is -0.366 e. The molecule has 0 spiro atoms. The van der Waals surface area contributed by atoms with E-state index in [0.717, 1.165) is 16.9 Å². The van der Waals surface area contributed by atoms with Gasteiger partial charge in [-0.05, 0) is 48.3 Å². The second-order valence-corrected chi connectivity index (χ2v) is 7.00. The van der Waals surface area contributed by atoms with Crippen LogP contribution in [0.1, 0.15) is 29.9 Å². The summed E-state index contributed by atoms with van der Waals surface area (Å²) in [5, 5.41) is 5.20. The van der Waals surface area contributed by atoms with E-state index >= 15 is 0 Å². The van der Waals surface area contributed by atoms with E-state index in [1.807, 2.05) is 6.07 Å². The maximum atomic E-state index is 6.06. The van der Waals surface area contributed by atoms with Crippen molar-refractivity contribution < 1.29 is 0 Å². The average Bonchev–Trinajstić information content (AvgIpc) is 2.93. The molecule has 2 aliphatic carbocycles. The molecule has 1 aromatic carbocycles. The molecule has 116 valence electrons. The molecule has 0 amide bonds. The van der Waals surface area contributed by atoms with Crippen LogP contribution in [-0.2, 0) is 6.42 Å². The quantitative estimate of drug-likeness (QED) is 0.745. The molecule has 23 heavy (non-hydrogen) atoms. The summed E-state index contributed by atoms with van der Waals surface area (Å²) in [7, 11) is 0. The summed E-state index contributed by atoms with van der Waals surface area (Å²) in [6.45, 7) is 0. The lowest BCUT2D eigenvalue weighted by molar-refractivity contribution is 0.194. The number of rotatable bonds is 2. The van der Waals surface area contributed by atoms with Gasteiger partial charge < -0.3 is 10.3 Å². The number of hydrogen-bond acceptors (Lipinski definition) is 3. The zero-order valence-electron chi connectivity index (χ0n) is 12.6. The van der Waals surface area contributed by atoms with Crippen LogP contribution >= 0.6 is 11.6 Å². The van der Waals surface area contributed by atoms with Crippen LogP contribution in [0.2, 0.25) is 5.15 Å². The molecule has 3 atom stereocenters. The van der Waals surface area contributed by atoms with Crippen LogP contribution in [0.4, 0.5) is 5.82 Å². The molecule has 4 nitrogen and oxygen atoms in total. The van der Waals surface area contributed by atoms with Crippen molar-refractivity contribution in [1.29, 1.82) is 0 Å². The number of aryl methyl sites for hydroxylation is 1. The van der Waals surface area contributed by atoms with Gasteiger partial charge in [-0.15, -0.1) is 0 Å². The number of nitrogens with zero attached hydrogens (tertiary/aromatic N) is 2. The summed E-state index contributed by atoms with van der Waals surface area (Å²) >= 11 is 6.06. The second-order valence-electron chi connectivity index (χ2n) is 6.60. The minimum absolute atomic E-state index is 0.486. The molecule has 2 aromatic heterocycles. The highest BCUT2D eigenvalue weighted by Gasteiger charge is 2.44. The predicted octanol–water partition coefficient (Wildman–Crippen LogP) is 4.14. The van der Waals surface area contributed by atoms with E-state index in [2.05, 4.69) is 44.5 Å². The molecule has 3 aromatic rings. The molecular formula is C18H17ClN4. The lowest BCUT2D eigenvalue weighted by Crippen LogP contribution is -2.47. The van der Waals surface area contributed by atoms with Gasteiger partial charge in [0.25, 0.3) is 0 Å². The third-order valence-corrected chi connectivity index (χ3v) is 5.66. The van der Waals surface area contributed by atoms with Gasteiger partial charge in [-0.1, -0.05) is 35.9 Å². The van der Waals surface area contributed by atoms with Gasteiger partial charge >= 0.3 is 0 Å². The molecule has 0 bridgehead atoms. The zero-order valence-corrected chi connectivity index (χ0v) is 13.3. The number of benzene rings is 1. The number of aromatic nitrogens is 3. The van der Waals surface area contributed by atoms with E-state index in [9.17, 15) is 0 Å². The molecule has 3 unspecified atom stereocenters. The SMILES string of the molecule is Clc1cc2c(NC3CC4c5ccccc5CCC34)ncnc2[nH]1. The maximum absolute atomic E-state index is 6.06. The molecule has 0 radical (unpaired) electrons. The van der Waals surface area contributed by atoms with Crippen LogP contribution in [0.15, 0.2) is 36.7 Å². The maximum Gasteiger partial charge on any atom is 0.144 e. The Morgan fingerprint density at radius 1 is 1.22 bits per heavy atom. The van der Waals surface area contributed by atoms with Gasteiger partial charge in [0, 0.05) is 6.04 Å². The van der Waals surface area contributed by atoms with E-state index in [0.29, 0.717) is 23.0 Å². The fourth-order valence-corrected chi connectivity index (χ4v) is 4.48. The Labute approximate surface area is 139 Å². The summed E-state index contributed by atoms with van der Waals surface area (Å²) < 4.78 is 0. The second kappa shape index (κ2) is 4.96. The van der Waals surface area contributed by atoms with Crippen LogP contribution in [0.5, 0.6) is 0 Å². The number of aromatic amines is 1. The normalized spacial score (nSPS) is 25.5. The van der Waals surface area contributed by atoms with Crippen molar-refractivity contribution in [2.24, 2.45) is 5.92 Å². The van der Waals surface area contributed by atoms with Gasteiger partial charge in [0.2, 0.25) is 0 Å². The smallest absolute Gasteiger partial charge is 0.144 e. The number of fused-ring (bicyclic) bond motifs is 4. The zero-order chi connectivity index (χ0) is 15.4. The number of anilines is 1. The van der Waals surface area contributed by atoms with Gasteiger partial charge in [0.05, 0.1) is 5.39 Å². The standard InChI is InChI=1S/C18H17ClN4/c19-16-8-14-17(20-9-21-18(14)23-16)22-15-7-13-11-4-2-1-3-10(11)5-6-12(13)15/h1-4,8-9,12-13,15H,5-7H2,(H2,20,21,22,23). The van der Waals surface area contributed by atoms with Crippen LogP contribution in [-0.4, -0.2) is 21.0 Å². The fourth-order valence-electron chi connectivity index (χ4n) is 4.28. The number of hydrogen-bond donors (Lipinski definition) is 2. The Morgan fingerprint density at radius 3 is 3.09 bits per heavy atom. The van der Waals surface area contributed by atoms with E-state index < -0.39 is 0 Å². The highest BCUT2D eigenvalue weighted by atomic mass is 35.5. The minimum atomic E-state index is 0.486. The topological polar surface area (TPSA) is 53.6 Å². The van der Waals surface area contributed by atoms with Crippen molar-refractivity contribution in [2.45, 2.75) is 31.2 Å². The summed E-state index contributed by atoms with van der Waals surface area (Å²) in [5.74, 6) is 2.29. The summed E-state index contributed by atoms with van der Waals surface area (Å²) in [6.07, 6.45) is 5.20. The van der Waals surface area contributed by atoms with Gasteiger partial charge in [-0.3, -0.25) is 0 Å². The Hall–Kier alpha value is -2.07. The molecule has 0 aliphatic heterocycles. The lowest BCUT2D eigenvalue weighted by Gasteiger charge is -2.49. The molecular weight excluding hydrogens is 308 g/mol. The molecule has 2 heterocycles. The molecule has 5 rings (SSSR count). The van der Waals surface area contributed by atoms with E-state index in [1.54, 1.807) is 11.9 Å². The van der Waals surface area contributed by atoms with Crippen LogP contribution in [0.3, 0.4) is 0 Å². The Balaban J connectivity index is 1.41. The van der Waals surface area contributed by atoms with Crippen LogP contribution in [0, 0.1) is 5.92 Å². The molecule has 5 heteroatoms. The van der Waals surface area contributed by atoms with Crippen molar-refractivity contribution in [3.8, 4) is 0 Å². The van der Waals surface area contributed by atoms with Gasteiger partial charge in [0.15, 0.2) is 0 Å². The molecule has 0 saturated heterocycles. The number of nitrogens with one attached hydrogen (secondary N) is 2. The van der Waals surface area contributed by atoms with Crippen LogP contribution < -0.4 is 5.32 Å². The molecule has 2 aliphatic rings. The highest BCUT2D eigenvalue weighted by molar-refractivity contribution is 6.30. The fraction of sp³-hybridized carbons (Fsp3) is 0.333. The van der Waals surface area contributed by atoms with Gasteiger partial charge in [0.1, 0.15) is 22.9 Å². The summed E-state index contributed by atoms with van der Waals surface area (Å²) in [4.78, 5) is 11.7. The number of H-pyrrole nitrogens is 1. The predicted molar refractivity (Wildman–Crippen MR) is 91.9 cm³/mol. The largest absolute Gasteiger partial charge is 0.366 e. The Kier molecular flexibility index (Phi) is 2.89. The molecule has 2 N–H and O–H groups in total. The van der Waals surface area contributed by atoms with Gasteiger partial charge in [-0.25, -0.2) is 9.97 Å². The Morgan fingerprint density at radius 2 is 2.13 bits per heavy atom. The third-order valence-electron chi connectivity index (χ3n) is 5.46. The van der Waals surface area contributed by atoms with E-state index in [1.165, 1.54) is 24.8 Å². The first-order valence-corrected chi connectivity index (χ1v) is 8.51. The molecule has 1 fully saturated rings. The Bertz CT molecular complexity index is 888. The number of halogens is 1. The summed E-state index contributed by atoms with van der Waals surface area (Å²) in [5.41, 5.74) is 3.88. The van der Waals surface area contributed by atoms with Crippen molar-refractivity contribution in [1.82, 2.24) is 15.0 Å². The van der Waals surface area contributed by atoms with Crippen molar-refractivity contribution in [2.75, 3.05) is 5.32 Å². The highest BCUT2D eigenvalue weighted by Crippen LogP contribution is 2.50. The first-order valence-electron chi connectivity index (χ1n) is 8.13. The third kappa shape index (κ3) is 2.05. The summed E-state index contributed by atoms with van der Waals surface area (Å²) in [6, 6.07) is 11.3. The van der Waals surface area contributed by atoms with Crippen molar-refractivity contribution in [3.05, 3.63) is 52.9 Å². The first-order chi connectivity index (χ1) is 11.3. The van der Waals surface area contributed by atoms with Crippen LogP contribution in [0.25, 0.3) is 11.0 Å².